The minimum Gasteiger partial charge on any atom is -0.450 e. The summed E-state index contributed by atoms with van der Waals surface area (Å²) in [5, 5.41) is 4.03. The van der Waals surface area contributed by atoms with Crippen molar-refractivity contribution in [1.82, 2.24) is 9.80 Å². The number of ether oxygens (including phenoxy) is 1. The standard InChI is InChI=1S/C18H25N3O2S/c1-3-23-18(22)21-14-9-10-15(21)12-16(11-14)20(2)17(24)19-13-7-5-4-6-8-13/h4-8,14-16H,3,9-12H2,1-2H3,(H,19,24). The smallest absolute Gasteiger partial charge is 0.410 e. The molecule has 1 amide bonds. The summed E-state index contributed by atoms with van der Waals surface area (Å²) in [6, 6.07) is 10.9. The molecule has 2 atom stereocenters. The van der Waals surface area contributed by atoms with Gasteiger partial charge < -0.3 is 19.9 Å². The first-order chi connectivity index (χ1) is 11.6. The second-order valence-electron chi connectivity index (χ2n) is 6.52. The average molecular weight is 347 g/mol. The van der Waals surface area contributed by atoms with Gasteiger partial charge in [0.15, 0.2) is 5.11 Å². The summed E-state index contributed by atoms with van der Waals surface area (Å²) in [7, 11) is 2.04. The normalized spacial score (nSPS) is 25.2. The summed E-state index contributed by atoms with van der Waals surface area (Å²) in [5.41, 5.74) is 1.00. The lowest BCUT2D eigenvalue weighted by atomic mass is 9.97. The molecular formula is C18H25N3O2S. The van der Waals surface area contributed by atoms with Crippen LogP contribution in [0.5, 0.6) is 0 Å². The molecule has 1 N–H and O–H groups in total. The minimum absolute atomic E-state index is 0.156. The van der Waals surface area contributed by atoms with Crippen molar-refractivity contribution in [3.63, 3.8) is 0 Å². The molecule has 3 rings (SSSR count). The highest BCUT2D eigenvalue weighted by Crippen LogP contribution is 2.37. The molecule has 0 spiro atoms. The number of hydrogen-bond acceptors (Lipinski definition) is 3. The number of amides is 1. The summed E-state index contributed by atoms with van der Waals surface area (Å²) in [6.45, 7) is 2.29. The number of para-hydroxylation sites is 1. The largest absolute Gasteiger partial charge is 0.450 e. The van der Waals surface area contributed by atoms with Gasteiger partial charge in [-0.15, -0.1) is 0 Å². The third kappa shape index (κ3) is 3.48. The Labute approximate surface area is 149 Å². The van der Waals surface area contributed by atoms with Crippen LogP contribution in [0.25, 0.3) is 0 Å². The monoisotopic (exact) mass is 347 g/mol. The van der Waals surface area contributed by atoms with Crippen LogP contribution in [0, 0.1) is 0 Å². The van der Waals surface area contributed by atoms with Crippen LogP contribution in [0.2, 0.25) is 0 Å². The van der Waals surface area contributed by atoms with Gasteiger partial charge in [0.2, 0.25) is 0 Å². The van der Waals surface area contributed by atoms with Crippen molar-refractivity contribution in [2.45, 2.75) is 50.7 Å². The van der Waals surface area contributed by atoms with Crippen molar-refractivity contribution in [1.29, 1.82) is 0 Å². The van der Waals surface area contributed by atoms with Gasteiger partial charge in [0, 0.05) is 30.9 Å². The molecule has 0 saturated carbocycles. The Morgan fingerprint density at radius 2 is 1.92 bits per heavy atom. The van der Waals surface area contributed by atoms with Gasteiger partial charge in [0.25, 0.3) is 0 Å². The number of thiocarbonyl (C=S) groups is 1. The summed E-state index contributed by atoms with van der Waals surface area (Å²) in [5.74, 6) is 0. The van der Waals surface area contributed by atoms with Crippen LogP contribution in [0.3, 0.4) is 0 Å². The second kappa shape index (κ2) is 7.38. The highest BCUT2D eigenvalue weighted by Gasteiger charge is 2.45. The molecule has 2 aliphatic rings. The fraction of sp³-hybridized carbons (Fsp3) is 0.556. The molecule has 0 aromatic heterocycles. The molecule has 6 heteroatoms. The Balaban J connectivity index is 1.61. The maximum Gasteiger partial charge on any atom is 0.410 e. The number of benzene rings is 1. The zero-order valence-electron chi connectivity index (χ0n) is 14.3. The van der Waals surface area contributed by atoms with E-state index in [1.54, 1.807) is 0 Å². The fourth-order valence-electron chi connectivity index (χ4n) is 3.86. The maximum absolute atomic E-state index is 12.2. The summed E-state index contributed by atoms with van der Waals surface area (Å²) >= 11 is 5.57. The molecule has 2 bridgehead atoms. The second-order valence-corrected chi connectivity index (χ2v) is 6.91. The van der Waals surface area contributed by atoms with Crippen LogP contribution in [0.15, 0.2) is 30.3 Å². The zero-order valence-corrected chi connectivity index (χ0v) is 15.1. The molecule has 1 aromatic carbocycles. The van der Waals surface area contributed by atoms with Crippen LogP contribution < -0.4 is 5.32 Å². The molecule has 2 saturated heterocycles. The minimum atomic E-state index is -0.156. The first kappa shape index (κ1) is 17.0. The van der Waals surface area contributed by atoms with Gasteiger partial charge in [-0.2, -0.15) is 0 Å². The highest BCUT2D eigenvalue weighted by atomic mass is 32.1. The number of piperidine rings is 1. The van der Waals surface area contributed by atoms with E-state index in [4.69, 9.17) is 17.0 Å². The number of anilines is 1. The number of hydrogen-bond donors (Lipinski definition) is 1. The van der Waals surface area contributed by atoms with Gasteiger partial charge >= 0.3 is 6.09 Å². The van der Waals surface area contributed by atoms with E-state index >= 15 is 0 Å². The van der Waals surface area contributed by atoms with Crippen molar-refractivity contribution >= 4 is 29.1 Å². The summed E-state index contributed by atoms with van der Waals surface area (Å²) in [6.07, 6.45) is 3.86. The first-order valence-electron chi connectivity index (χ1n) is 8.64. The van der Waals surface area contributed by atoms with E-state index < -0.39 is 0 Å². The van der Waals surface area contributed by atoms with Crippen LogP contribution in [-0.2, 0) is 4.74 Å². The molecule has 2 fully saturated rings. The Hall–Kier alpha value is -1.82. The Morgan fingerprint density at radius 1 is 1.29 bits per heavy atom. The van der Waals surface area contributed by atoms with Crippen LogP contribution in [0.1, 0.15) is 32.6 Å². The average Bonchev–Trinajstić information content (AvgIpc) is 2.85. The third-order valence-corrected chi connectivity index (χ3v) is 5.47. The van der Waals surface area contributed by atoms with E-state index in [1.807, 2.05) is 49.2 Å². The number of fused-ring (bicyclic) bond motifs is 2. The first-order valence-corrected chi connectivity index (χ1v) is 9.05. The maximum atomic E-state index is 12.2. The predicted molar refractivity (Wildman–Crippen MR) is 99.1 cm³/mol. The third-order valence-electron chi connectivity index (χ3n) is 5.08. The highest BCUT2D eigenvalue weighted by molar-refractivity contribution is 7.80. The molecule has 0 radical (unpaired) electrons. The number of nitrogens with zero attached hydrogens (tertiary/aromatic N) is 2. The van der Waals surface area contributed by atoms with E-state index in [2.05, 4.69) is 10.2 Å². The summed E-state index contributed by atoms with van der Waals surface area (Å²) in [4.78, 5) is 16.3. The lowest BCUT2D eigenvalue weighted by Gasteiger charge is -2.42. The molecule has 0 aliphatic carbocycles. The van der Waals surface area contributed by atoms with Gasteiger partial charge in [-0.05, 0) is 57.0 Å². The summed E-state index contributed by atoms with van der Waals surface area (Å²) < 4.78 is 5.22. The van der Waals surface area contributed by atoms with Crippen LogP contribution in [-0.4, -0.2) is 52.8 Å². The molecular weight excluding hydrogens is 322 g/mol. The van der Waals surface area contributed by atoms with E-state index in [-0.39, 0.29) is 18.2 Å². The van der Waals surface area contributed by atoms with Gasteiger partial charge in [-0.1, -0.05) is 18.2 Å². The van der Waals surface area contributed by atoms with E-state index in [1.165, 1.54) is 0 Å². The molecule has 24 heavy (non-hydrogen) atoms. The molecule has 130 valence electrons. The van der Waals surface area contributed by atoms with Crippen molar-refractivity contribution in [2.24, 2.45) is 0 Å². The van der Waals surface area contributed by atoms with E-state index in [0.717, 1.165) is 36.5 Å². The van der Waals surface area contributed by atoms with Gasteiger partial charge in [-0.3, -0.25) is 0 Å². The number of carbonyl (C=O) groups is 1. The van der Waals surface area contributed by atoms with Crippen molar-refractivity contribution in [3.8, 4) is 0 Å². The molecule has 5 nitrogen and oxygen atoms in total. The quantitative estimate of drug-likeness (QED) is 0.848. The lowest BCUT2D eigenvalue weighted by molar-refractivity contribution is 0.0578. The SMILES string of the molecule is CCOC(=O)N1C2CCC1CC(N(C)C(=S)Nc1ccccc1)C2. The Kier molecular flexibility index (Phi) is 5.23. The number of rotatable bonds is 3. The van der Waals surface area contributed by atoms with Crippen LogP contribution in [0.4, 0.5) is 10.5 Å². The molecule has 2 aliphatic heterocycles. The van der Waals surface area contributed by atoms with Crippen LogP contribution >= 0.6 is 12.2 Å². The topological polar surface area (TPSA) is 44.8 Å². The predicted octanol–water partition coefficient (Wildman–Crippen LogP) is 3.47. The van der Waals surface area contributed by atoms with Gasteiger partial charge in [0.1, 0.15) is 0 Å². The zero-order chi connectivity index (χ0) is 17.1. The number of carbonyl (C=O) groups excluding carboxylic acids is 1. The van der Waals surface area contributed by atoms with E-state index in [9.17, 15) is 4.79 Å². The Bertz CT molecular complexity index is 581. The molecule has 2 heterocycles. The fourth-order valence-corrected chi connectivity index (χ4v) is 4.13. The van der Waals surface area contributed by atoms with Gasteiger partial charge in [-0.25, -0.2) is 4.79 Å². The van der Waals surface area contributed by atoms with E-state index in [0.29, 0.717) is 12.6 Å². The number of nitrogens with one attached hydrogen (secondary N) is 1. The van der Waals surface area contributed by atoms with Crippen molar-refractivity contribution < 1.29 is 9.53 Å². The van der Waals surface area contributed by atoms with Crippen molar-refractivity contribution in [3.05, 3.63) is 30.3 Å². The van der Waals surface area contributed by atoms with Gasteiger partial charge in [0.05, 0.1) is 6.61 Å². The molecule has 1 aromatic rings. The molecule has 2 unspecified atom stereocenters. The van der Waals surface area contributed by atoms with Crippen molar-refractivity contribution in [2.75, 3.05) is 19.0 Å². The Morgan fingerprint density at radius 3 is 2.50 bits per heavy atom. The lowest BCUT2D eigenvalue weighted by Crippen LogP contribution is -2.53.